The average molecular weight is 497 g/mol. The van der Waals surface area contributed by atoms with Crippen molar-refractivity contribution in [2.75, 3.05) is 12.3 Å². The second-order valence-electron chi connectivity index (χ2n) is 10.1. The van der Waals surface area contributed by atoms with Gasteiger partial charge in [-0.2, -0.15) is 0 Å². The summed E-state index contributed by atoms with van der Waals surface area (Å²) < 4.78 is 3.97. The number of imidazole rings is 1. The quantitative estimate of drug-likeness (QED) is 0.474. The molecule has 35 heavy (non-hydrogen) atoms. The first kappa shape index (κ1) is 24.2. The number of likely N-dealkylation sites (tertiary alicyclic amines) is 2. The largest absolute Gasteiger partial charge is 0.339 e. The molecule has 2 aromatic heterocycles. The van der Waals surface area contributed by atoms with E-state index >= 15 is 0 Å². The van der Waals surface area contributed by atoms with Crippen molar-refractivity contribution < 1.29 is 9.59 Å². The lowest BCUT2D eigenvalue weighted by Gasteiger charge is -2.39. The Kier molecular flexibility index (Phi) is 7.05. The van der Waals surface area contributed by atoms with E-state index < -0.39 is 0 Å². The molecule has 2 fully saturated rings. The van der Waals surface area contributed by atoms with Gasteiger partial charge in [-0.3, -0.25) is 18.6 Å². The van der Waals surface area contributed by atoms with Crippen LogP contribution in [0, 0.1) is 0 Å². The highest BCUT2D eigenvalue weighted by Crippen LogP contribution is 2.29. The van der Waals surface area contributed by atoms with Crippen LogP contribution in [0.25, 0.3) is 16.8 Å². The number of carbonyl (C=O) groups excluding carboxylic acids is 2. The molecule has 0 saturated carbocycles. The molecular formula is C26H36N6O2S. The van der Waals surface area contributed by atoms with Crippen LogP contribution in [-0.4, -0.2) is 71.2 Å². The first-order valence-electron chi connectivity index (χ1n) is 13.0. The van der Waals surface area contributed by atoms with E-state index in [1.165, 1.54) is 24.6 Å². The van der Waals surface area contributed by atoms with Crippen LogP contribution in [0.2, 0.25) is 0 Å². The zero-order chi connectivity index (χ0) is 24.5. The molecule has 1 aromatic carbocycles. The molecule has 3 unspecified atom stereocenters. The number of carbonyl (C=O) groups is 2. The van der Waals surface area contributed by atoms with Gasteiger partial charge in [-0.15, -0.1) is 10.2 Å². The molecule has 2 saturated heterocycles. The highest BCUT2D eigenvalue weighted by molar-refractivity contribution is 7.99. The van der Waals surface area contributed by atoms with E-state index in [4.69, 9.17) is 0 Å². The van der Waals surface area contributed by atoms with Crippen LogP contribution in [-0.2, 0) is 16.1 Å². The summed E-state index contributed by atoms with van der Waals surface area (Å²) in [5.74, 6) is 1.29. The number of fused-ring (bicyclic) bond motifs is 3. The molecule has 0 N–H and O–H groups in total. The molecule has 0 bridgehead atoms. The van der Waals surface area contributed by atoms with Crippen molar-refractivity contribution in [3.8, 4) is 0 Å². The van der Waals surface area contributed by atoms with Crippen LogP contribution in [0.5, 0.6) is 0 Å². The van der Waals surface area contributed by atoms with Crippen molar-refractivity contribution >= 4 is 40.4 Å². The Labute approximate surface area is 211 Å². The molecule has 5 rings (SSSR count). The summed E-state index contributed by atoms with van der Waals surface area (Å²) in [6.07, 6.45) is 7.65. The minimum absolute atomic E-state index is 0.121. The Hall–Kier alpha value is -2.55. The lowest BCUT2D eigenvalue weighted by atomic mass is 9.97. The van der Waals surface area contributed by atoms with Gasteiger partial charge in [0.05, 0.1) is 16.8 Å². The van der Waals surface area contributed by atoms with Gasteiger partial charge in [0.15, 0.2) is 5.16 Å². The lowest BCUT2D eigenvalue weighted by Crippen LogP contribution is -2.48. The molecule has 2 amide bonds. The molecule has 3 atom stereocenters. The van der Waals surface area contributed by atoms with Crippen molar-refractivity contribution in [2.45, 2.75) is 95.5 Å². The highest BCUT2D eigenvalue weighted by Gasteiger charge is 2.30. The van der Waals surface area contributed by atoms with E-state index in [9.17, 15) is 9.59 Å². The summed E-state index contributed by atoms with van der Waals surface area (Å²) in [6.45, 7) is 7.53. The molecular weight excluding hydrogens is 460 g/mol. The van der Waals surface area contributed by atoms with Gasteiger partial charge in [-0.25, -0.2) is 0 Å². The van der Waals surface area contributed by atoms with Gasteiger partial charge >= 0.3 is 0 Å². The summed E-state index contributed by atoms with van der Waals surface area (Å²) in [6, 6.07) is 8.88. The number of nitrogens with zero attached hydrogens (tertiary/aromatic N) is 6. The third-order valence-corrected chi connectivity index (χ3v) is 8.70. The zero-order valence-electron chi connectivity index (χ0n) is 21.0. The smallest absolute Gasteiger partial charge is 0.243 e. The first-order chi connectivity index (χ1) is 17.0. The van der Waals surface area contributed by atoms with Crippen LogP contribution >= 0.6 is 11.8 Å². The van der Waals surface area contributed by atoms with E-state index in [0.717, 1.165) is 49.7 Å². The van der Waals surface area contributed by atoms with Crippen molar-refractivity contribution in [1.82, 2.24) is 29.0 Å². The summed E-state index contributed by atoms with van der Waals surface area (Å²) in [5, 5.41) is 9.60. The Morgan fingerprint density at radius 2 is 1.71 bits per heavy atom. The number of thioether (sulfide) groups is 1. The molecule has 0 spiro atoms. The maximum Gasteiger partial charge on any atom is 0.243 e. The molecule has 2 aliphatic rings. The summed E-state index contributed by atoms with van der Waals surface area (Å²) in [5.41, 5.74) is 1.91. The lowest BCUT2D eigenvalue weighted by molar-refractivity contribution is -0.137. The minimum atomic E-state index is 0.121. The fourth-order valence-corrected chi connectivity index (χ4v) is 6.80. The Morgan fingerprint density at radius 1 is 0.971 bits per heavy atom. The number of amides is 2. The van der Waals surface area contributed by atoms with Crippen LogP contribution in [0.3, 0.4) is 0 Å². The second-order valence-corrected chi connectivity index (χ2v) is 11.0. The van der Waals surface area contributed by atoms with Crippen molar-refractivity contribution in [1.29, 1.82) is 0 Å². The van der Waals surface area contributed by atoms with Crippen LogP contribution < -0.4 is 0 Å². The molecule has 188 valence electrons. The molecule has 2 aliphatic heterocycles. The van der Waals surface area contributed by atoms with Gasteiger partial charge in [0.2, 0.25) is 17.6 Å². The topological polar surface area (TPSA) is 75.7 Å². The SMILES string of the molecule is CCC1CCCCN1C(=O)CSc1nnc2n(CC(=O)N3C(C)CCCC3C)c3ccccc3n12. The van der Waals surface area contributed by atoms with Gasteiger partial charge in [0, 0.05) is 24.7 Å². The first-order valence-corrected chi connectivity index (χ1v) is 14.0. The van der Waals surface area contributed by atoms with Crippen molar-refractivity contribution in [3.05, 3.63) is 24.3 Å². The van der Waals surface area contributed by atoms with Gasteiger partial charge < -0.3 is 9.80 Å². The Bertz CT molecular complexity index is 1210. The minimum Gasteiger partial charge on any atom is -0.339 e. The zero-order valence-corrected chi connectivity index (χ0v) is 21.8. The molecule has 8 nitrogen and oxygen atoms in total. The average Bonchev–Trinajstić information content (AvgIpc) is 3.41. The fourth-order valence-electron chi connectivity index (χ4n) is 5.98. The van der Waals surface area contributed by atoms with Crippen LogP contribution in [0.1, 0.15) is 65.7 Å². The number of benzene rings is 1. The maximum atomic E-state index is 13.4. The van der Waals surface area contributed by atoms with Crippen LogP contribution in [0.15, 0.2) is 29.4 Å². The van der Waals surface area contributed by atoms with Crippen molar-refractivity contribution in [3.63, 3.8) is 0 Å². The fraction of sp³-hybridized carbons (Fsp3) is 0.615. The van der Waals surface area contributed by atoms with E-state index in [-0.39, 0.29) is 30.4 Å². The number of piperidine rings is 2. The summed E-state index contributed by atoms with van der Waals surface area (Å²) in [4.78, 5) is 30.6. The van der Waals surface area contributed by atoms with E-state index in [1.807, 2.05) is 38.1 Å². The molecule has 0 aliphatic carbocycles. The number of para-hydroxylation sites is 2. The molecule has 4 heterocycles. The van der Waals surface area contributed by atoms with E-state index in [2.05, 4.69) is 35.9 Å². The Balaban J connectivity index is 1.41. The summed E-state index contributed by atoms with van der Waals surface area (Å²) in [7, 11) is 0. The number of hydrogen-bond donors (Lipinski definition) is 0. The Morgan fingerprint density at radius 3 is 2.46 bits per heavy atom. The van der Waals surface area contributed by atoms with E-state index in [0.29, 0.717) is 22.7 Å². The third kappa shape index (κ3) is 4.55. The predicted octanol–water partition coefficient (Wildman–Crippen LogP) is 4.36. The highest BCUT2D eigenvalue weighted by atomic mass is 32.2. The number of aromatic nitrogens is 4. The normalized spacial score (nSPS) is 23.3. The number of rotatable bonds is 6. The van der Waals surface area contributed by atoms with E-state index in [1.54, 1.807) is 0 Å². The van der Waals surface area contributed by atoms with Crippen molar-refractivity contribution in [2.24, 2.45) is 0 Å². The van der Waals surface area contributed by atoms with Crippen LogP contribution in [0.4, 0.5) is 0 Å². The molecule has 0 radical (unpaired) electrons. The van der Waals surface area contributed by atoms with Gasteiger partial charge in [-0.1, -0.05) is 30.8 Å². The standard InChI is InChI=1S/C26H36N6O2S/c1-4-20-12-7-8-15-29(20)24(34)17-35-26-28-27-25-30(21-13-5-6-14-22(21)32(25)26)16-23(33)31-18(2)10-9-11-19(31)3/h5-6,13-14,18-20H,4,7-12,15-17H2,1-3H3. The summed E-state index contributed by atoms with van der Waals surface area (Å²) >= 11 is 1.44. The van der Waals surface area contributed by atoms with Gasteiger partial charge in [0.1, 0.15) is 6.54 Å². The molecule has 9 heteroatoms. The number of hydrogen-bond acceptors (Lipinski definition) is 5. The third-order valence-electron chi connectivity index (χ3n) is 7.79. The van der Waals surface area contributed by atoms with Gasteiger partial charge in [0.25, 0.3) is 0 Å². The molecule has 3 aromatic rings. The second kappa shape index (κ2) is 10.2. The predicted molar refractivity (Wildman–Crippen MR) is 138 cm³/mol. The monoisotopic (exact) mass is 496 g/mol. The maximum absolute atomic E-state index is 13.4. The van der Waals surface area contributed by atoms with Gasteiger partial charge in [-0.05, 0) is 70.9 Å².